The molecule has 33 heavy (non-hydrogen) atoms. The summed E-state index contributed by atoms with van der Waals surface area (Å²) in [6.45, 7) is 1.14. The molecule has 2 heterocycles. The zero-order valence-corrected chi connectivity index (χ0v) is 18.6. The summed E-state index contributed by atoms with van der Waals surface area (Å²) in [6.07, 6.45) is 4.54. The van der Waals surface area contributed by atoms with E-state index in [9.17, 15) is 14.0 Å². The second kappa shape index (κ2) is 10.4. The number of nitrogens with one attached hydrogen (secondary N) is 1. The Labute approximate surface area is 196 Å². The lowest BCUT2D eigenvalue weighted by molar-refractivity contribution is -0.126. The maximum absolute atomic E-state index is 14.4. The van der Waals surface area contributed by atoms with Gasteiger partial charge in [0.25, 0.3) is 5.91 Å². The van der Waals surface area contributed by atoms with Crippen LogP contribution in [-0.2, 0) is 11.3 Å². The normalized spacial score (nSPS) is 15.7. The van der Waals surface area contributed by atoms with E-state index in [1.807, 2.05) is 0 Å². The van der Waals surface area contributed by atoms with Crippen LogP contribution in [0.15, 0.2) is 67.0 Å². The average molecular weight is 468 g/mol. The molecule has 0 spiro atoms. The van der Waals surface area contributed by atoms with Crippen LogP contribution in [0, 0.1) is 11.7 Å². The van der Waals surface area contributed by atoms with Gasteiger partial charge in [-0.25, -0.2) is 4.39 Å². The number of ether oxygens (including phenoxy) is 1. The maximum atomic E-state index is 14.4. The minimum atomic E-state index is -0.525. The number of nitrogens with zero attached hydrogens (tertiary/aromatic N) is 2. The van der Waals surface area contributed by atoms with Gasteiger partial charge < -0.3 is 15.0 Å². The molecule has 0 aliphatic carbocycles. The van der Waals surface area contributed by atoms with E-state index in [4.69, 9.17) is 16.3 Å². The summed E-state index contributed by atoms with van der Waals surface area (Å²) in [5.74, 6) is -0.583. The van der Waals surface area contributed by atoms with Crippen molar-refractivity contribution in [1.82, 2.24) is 15.2 Å². The highest BCUT2D eigenvalue weighted by Gasteiger charge is 2.28. The van der Waals surface area contributed by atoms with Crippen LogP contribution in [0.3, 0.4) is 0 Å². The van der Waals surface area contributed by atoms with Crippen molar-refractivity contribution in [1.29, 1.82) is 0 Å². The molecule has 1 fully saturated rings. The van der Waals surface area contributed by atoms with Crippen molar-refractivity contribution in [2.45, 2.75) is 19.4 Å². The van der Waals surface area contributed by atoms with Gasteiger partial charge in [-0.1, -0.05) is 17.7 Å². The van der Waals surface area contributed by atoms with Gasteiger partial charge in [0.05, 0.1) is 12.1 Å². The zero-order chi connectivity index (χ0) is 23.2. The summed E-state index contributed by atoms with van der Waals surface area (Å²) in [5.41, 5.74) is 1.16. The molecule has 0 saturated carbocycles. The minimum absolute atomic E-state index is 0.0849. The number of aromatic nitrogens is 1. The lowest BCUT2D eigenvalue weighted by Crippen LogP contribution is -2.45. The van der Waals surface area contributed by atoms with Gasteiger partial charge in [0, 0.05) is 36.4 Å². The molecule has 1 unspecified atom stereocenters. The van der Waals surface area contributed by atoms with E-state index in [2.05, 4.69) is 10.3 Å². The number of carbonyl (C=O) groups is 2. The van der Waals surface area contributed by atoms with Crippen LogP contribution in [0.1, 0.15) is 28.8 Å². The van der Waals surface area contributed by atoms with Crippen molar-refractivity contribution in [3.05, 3.63) is 89.0 Å². The van der Waals surface area contributed by atoms with E-state index in [0.717, 1.165) is 6.42 Å². The molecule has 1 aromatic heterocycles. The molecule has 2 aromatic carbocycles. The fourth-order valence-electron chi connectivity index (χ4n) is 3.76. The fraction of sp³-hybridized carbons (Fsp3) is 0.240. The Kier molecular flexibility index (Phi) is 7.19. The first kappa shape index (κ1) is 22.7. The van der Waals surface area contributed by atoms with Crippen molar-refractivity contribution < 1.29 is 18.7 Å². The van der Waals surface area contributed by atoms with Crippen LogP contribution >= 0.6 is 11.6 Å². The third-order valence-electron chi connectivity index (χ3n) is 5.50. The van der Waals surface area contributed by atoms with Crippen LogP contribution < -0.4 is 10.1 Å². The number of hydrogen-bond acceptors (Lipinski definition) is 4. The molecule has 0 bridgehead atoms. The van der Waals surface area contributed by atoms with Crippen LogP contribution in [0.5, 0.6) is 11.5 Å². The standard InChI is InChI=1S/C25H23ClFN3O3/c26-20-8-6-18(7-9-20)25(32)30-12-2-3-19(16-30)24(31)29-14-17-5-10-23(22(27)13-17)33-21-4-1-11-28-15-21/h1,4-11,13,15,19H,2-3,12,14,16H2,(H,29,31). The third kappa shape index (κ3) is 5.87. The molecule has 2 amide bonds. The lowest BCUT2D eigenvalue weighted by atomic mass is 9.96. The van der Waals surface area contributed by atoms with E-state index in [1.54, 1.807) is 53.6 Å². The Hall–Kier alpha value is -3.45. The third-order valence-corrected chi connectivity index (χ3v) is 5.75. The van der Waals surface area contributed by atoms with Gasteiger partial charge >= 0.3 is 0 Å². The van der Waals surface area contributed by atoms with Gasteiger partial charge in [-0.3, -0.25) is 14.6 Å². The quantitative estimate of drug-likeness (QED) is 0.563. The van der Waals surface area contributed by atoms with Crippen LogP contribution in [-0.4, -0.2) is 34.8 Å². The first-order valence-corrected chi connectivity index (χ1v) is 11.1. The first-order chi connectivity index (χ1) is 16.0. The van der Waals surface area contributed by atoms with Crippen molar-refractivity contribution in [2.75, 3.05) is 13.1 Å². The van der Waals surface area contributed by atoms with E-state index in [0.29, 0.717) is 41.4 Å². The van der Waals surface area contributed by atoms with Gasteiger partial charge in [0.2, 0.25) is 5.91 Å². The van der Waals surface area contributed by atoms with Gasteiger partial charge in [0.15, 0.2) is 11.6 Å². The molecular formula is C25H23ClFN3O3. The van der Waals surface area contributed by atoms with Crippen molar-refractivity contribution in [2.24, 2.45) is 5.92 Å². The summed E-state index contributed by atoms with van der Waals surface area (Å²) < 4.78 is 19.9. The van der Waals surface area contributed by atoms with Crippen molar-refractivity contribution >= 4 is 23.4 Å². The van der Waals surface area contributed by atoms with Crippen molar-refractivity contribution in [3.8, 4) is 11.5 Å². The molecule has 8 heteroatoms. The SMILES string of the molecule is O=C(NCc1ccc(Oc2cccnc2)c(F)c1)C1CCCN(C(=O)c2ccc(Cl)cc2)C1. The first-order valence-electron chi connectivity index (χ1n) is 10.7. The summed E-state index contributed by atoms with van der Waals surface area (Å²) in [7, 11) is 0. The van der Waals surface area contributed by atoms with Crippen LogP contribution in [0.4, 0.5) is 4.39 Å². The minimum Gasteiger partial charge on any atom is -0.453 e. The van der Waals surface area contributed by atoms with E-state index >= 15 is 0 Å². The fourth-order valence-corrected chi connectivity index (χ4v) is 3.88. The molecule has 1 N–H and O–H groups in total. The van der Waals surface area contributed by atoms with Gasteiger partial charge in [0.1, 0.15) is 5.75 Å². The highest BCUT2D eigenvalue weighted by Crippen LogP contribution is 2.25. The molecule has 3 aromatic rings. The number of rotatable bonds is 6. The highest BCUT2D eigenvalue weighted by molar-refractivity contribution is 6.30. The molecular weight excluding hydrogens is 445 g/mol. The number of hydrogen-bond donors (Lipinski definition) is 1. The van der Waals surface area contributed by atoms with Gasteiger partial charge in [-0.05, 0) is 66.9 Å². The Morgan fingerprint density at radius 3 is 2.73 bits per heavy atom. The van der Waals surface area contributed by atoms with E-state index < -0.39 is 5.82 Å². The lowest BCUT2D eigenvalue weighted by Gasteiger charge is -2.32. The maximum Gasteiger partial charge on any atom is 0.253 e. The van der Waals surface area contributed by atoms with E-state index in [1.165, 1.54) is 18.3 Å². The molecule has 170 valence electrons. The topological polar surface area (TPSA) is 71.5 Å². The number of amides is 2. The Morgan fingerprint density at radius 1 is 1.18 bits per heavy atom. The van der Waals surface area contributed by atoms with Gasteiger partial charge in [-0.2, -0.15) is 0 Å². The van der Waals surface area contributed by atoms with Gasteiger partial charge in [-0.15, -0.1) is 0 Å². The molecule has 1 atom stereocenters. The predicted molar refractivity (Wildman–Crippen MR) is 123 cm³/mol. The smallest absolute Gasteiger partial charge is 0.253 e. The molecule has 1 aliphatic heterocycles. The summed E-state index contributed by atoms with van der Waals surface area (Å²) in [5, 5.41) is 3.43. The molecule has 1 saturated heterocycles. The van der Waals surface area contributed by atoms with Crippen molar-refractivity contribution in [3.63, 3.8) is 0 Å². The number of halogens is 2. The highest BCUT2D eigenvalue weighted by atomic mass is 35.5. The number of benzene rings is 2. The Morgan fingerprint density at radius 2 is 2.00 bits per heavy atom. The number of likely N-dealkylation sites (tertiary alicyclic amines) is 1. The number of piperidine rings is 1. The number of pyridine rings is 1. The average Bonchev–Trinajstić information content (AvgIpc) is 2.85. The van der Waals surface area contributed by atoms with E-state index in [-0.39, 0.29) is 30.0 Å². The summed E-state index contributed by atoms with van der Waals surface area (Å²) >= 11 is 5.90. The largest absolute Gasteiger partial charge is 0.453 e. The molecule has 6 nitrogen and oxygen atoms in total. The van der Waals surface area contributed by atoms with Crippen LogP contribution in [0.25, 0.3) is 0 Å². The molecule has 1 aliphatic rings. The predicted octanol–water partition coefficient (Wildman–Crippen LogP) is 4.84. The monoisotopic (exact) mass is 467 g/mol. The second-order valence-corrected chi connectivity index (χ2v) is 8.31. The molecule has 0 radical (unpaired) electrons. The second-order valence-electron chi connectivity index (χ2n) is 7.87. The summed E-state index contributed by atoms with van der Waals surface area (Å²) in [4.78, 5) is 31.1. The molecule has 4 rings (SSSR count). The Bertz CT molecular complexity index is 1130. The summed E-state index contributed by atoms with van der Waals surface area (Å²) in [6, 6.07) is 14.7. The Balaban J connectivity index is 1.32. The zero-order valence-electron chi connectivity index (χ0n) is 17.8. The number of carbonyl (C=O) groups excluding carboxylic acids is 2. The van der Waals surface area contributed by atoms with Crippen LogP contribution in [0.2, 0.25) is 5.02 Å².